The van der Waals surface area contributed by atoms with E-state index in [1.54, 1.807) is 6.92 Å². The highest BCUT2D eigenvalue weighted by Crippen LogP contribution is 2.11. The van der Waals surface area contributed by atoms with E-state index in [2.05, 4.69) is 20.7 Å². The lowest BCUT2D eigenvalue weighted by Crippen LogP contribution is -2.25. The number of carbonyl (C=O) groups excluding carboxylic acids is 2. The van der Waals surface area contributed by atoms with Gasteiger partial charge in [-0.1, -0.05) is 12.0 Å². The van der Waals surface area contributed by atoms with Crippen LogP contribution in [-0.4, -0.2) is 32.0 Å². The van der Waals surface area contributed by atoms with Crippen molar-refractivity contribution in [3.63, 3.8) is 0 Å². The molecule has 1 atom stereocenters. The van der Waals surface area contributed by atoms with Crippen LogP contribution < -0.4 is 11.1 Å². The number of primary amides is 1. The Morgan fingerprint density at radius 2 is 2.11 bits per heavy atom. The molecule has 3 N–H and O–H groups in total. The fraction of sp³-hybridized carbons (Fsp3) is 0.636. The van der Waals surface area contributed by atoms with Crippen LogP contribution in [0.5, 0.6) is 0 Å². The third-order valence-corrected chi connectivity index (χ3v) is 2.21. The summed E-state index contributed by atoms with van der Waals surface area (Å²) in [6.07, 6.45) is 1.48. The van der Waals surface area contributed by atoms with Crippen molar-refractivity contribution < 1.29 is 9.59 Å². The number of hydrogen-bond donors (Lipinski definition) is 2. The van der Waals surface area contributed by atoms with Crippen LogP contribution in [0.15, 0.2) is 0 Å². The lowest BCUT2D eigenvalue weighted by Gasteiger charge is -2.15. The number of aromatic nitrogens is 4. The molecule has 1 rings (SSSR count). The molecule has 1 aromatic rings. The van der Waals surface area contributed by atoms with Gasteiger partial charge in [-0.2, -0.15) is 4.80 Å². The quantitative estimate of drug-likeness (QED) is 0.783. The predicted octanol–water partition coefficient (Wildman–Crippen LogP) is 0.0824. The highest BCUT2D eigenvalue weighted by molar-refractivity contribution is 5.96. The highest BCUT2D eigenvalue weighted by Gasteiger charge is 2.18. The number of hydrogen-bond acceptors (Lipinski definition) is 5. The summed E-state index contributed by atoms with van der Waals surface area (Å²) in [6, 6.07) is 0. The number of nitrogens with one attached hydrogen (secondary N) is 1. The first-order chi connectivity index (χ1) is 8.68. The van der Waals surface area contributed by atoms with Crippen LogP contribution in [0.25, 0.3) is 0 Å². The first kappa shape index (κ1) is 15.1. The molecule has 19 heavy (non-hydrogen) atoms. The van der Waals surface area contributed by atoms with Gasteiger partial charge in [0, 0.05) is 6.42 Å². The molecule has 0 saturated heterocycles. The number of rotatable bonds is 5. The molecule has 2 amide bonds. The van der Waals surface area contributed by atoms with Gasteiger partial charge in [-0.15, -0.1) is 5.10 Å². The summed E-state index contributed by atoms with van der Waals surface area (Å²) in [6.45, 7) is 7.48. The van der Waals surface area contributed by atoms with E-state index in [1.807, 2.05) is 20.8 Å². The molecule has 0 aliphatic carbocycles. The maximum atomic E-state index is 11.6. The monoisotopic (exact) mass is 267 g/mol. The van der Waals surface area contributed by atoms with Gasteiger partial charge in [0.15, 0.2) is 0 Å². The van der Waals surface area contributed by atoms with Crippen LogP contribution in [0.3, 0.4) is 0 Å². The van der Waals surface area contributed by atoms with E-state index in [0.29, 0.717) is 0 Å². The molecule has 0 unspecified atom stereocenters. The Morgan fingerprint density at radius 1 is 1.47 bits per heavy atom. The Hall–Kier alpha value is -1.99. The fourth-order valence-electron chi connectivity index (χ4n) is 1.34. The van der Waals surface area contributed by atoms with Gasteiger partial charge in [-0.3, -0.25) is 14.9 Å². The van der Waals surface area contributed by atoms with Gasteiger partial charge in [0.2, 0.25) is 11.8 Å². The van der Waals surface area contributed by atoms with E-state index >= 15 is 0 Å². The number of nitrogens with zero attached hydrogens (tertiary/aromatic N) is 4. The second-order valence-electron chi connectivity index (χ2n) is 5.38. The molecule has 0 aliphatic heterocycles. The molecule has 0 bridgehead atoms. The first-order valence-corrected chi connectivity index (χ1v) is 5.93. The highest BCUT2D eigenvalue weighted by atomic mass is 16.2. The summed E-state index contributed by atoms with van der Waals surface area (Å²) >= 11 is 0. The zero-order chi connectivity index (χ0) is 14.6. The second kappa shape index (κ2) is 5.77. The Morgan fingerprint density at radius 3 is 2.58 bits per heavy atom. The first-order valence-electron chi connectivity index (χ1n) is 5.93. The van der Waals surface area contributed by atoms with Crippen molar-refractivity contribution in [1.29, 1.82) is 0 Å². The molecule has 8 heteroatoms. The average molecular weight is 267 g/mol. The van der Waals surface area contributed by atoms with Crippen LogP contribution >= 0.6 is 0 Å². The van der Waals surface area contributed by atoms with Gasteiger partial charge in [0.25, 0.3) is 5.95 Å². The van der Waals surface area contributed by atoms with Crippen LogP contribution in [0, 0.1) is 12.3 Å². The lowest BCUT2D eigenvalue weighted by atomic mass is 10.0. The van der Waals surface area contributed by atoms with E-state index in [-0.39, 0.29) is 29.7 Å². The molecule has 0 fully saturated rings. The molecule has 1 heterocycles. The second-order valence-corrected chi connectivity index (χ2v) is 5.38. The molecule has 1 radical (unpaired) electrons. The summed E-state index contributed by atoms with van der Waals surface area (Å²) in [5.74, 6) is -0.951. The number of nitrogens with two attached hydrogens (primary N) is 1. The minimum Gasteiger partial charge on any atom is -0.370 e. The maximum absolute atomic E-state index is 11.6. The normalized spacial score (nSPS) is 13.1. The van der Waals surface area contributed by atoms with Gasteiger partial charge in [0.1, 0.15) is 0 Å². The predicted molar refractivity (Wildman–Crippen MR) is 68.7 cm³/mol. The Labute approximate surface area is 111 Å². The van der Waals surface area contributed by atoms with Crippen molar-refractivity contribution >= 4 is 17.8 Å². The van der Waals surface area contributed by atoms with Crippen molar-refractivity contribution in [3.8, 4) is 0 Å². The zero-order valence-electron chi connectivity index (χ0n) is 11.5. The SMILES string of the molecule is C[C@@H]([CH]C(=O)Nc1nnn(C(C)(C)C)n1)CC(N)=O. The smallest absolute Gasteiger partial charge is 0.270 e. The molecular formula is C11H19N6O2. The number of anilines is 1. The summed E-state index contributed by atoms with van der Waals surface area (Å²) in [5.41, 5.74) is 4.74. The molecule has 0 aliphatic rings. The van der Waals surface area contributed by atoms with Gasteiger partial charge in [-0.25, -0.2) is 0 Å². The molecular weight excluding hydrogens is 248 g/mol. The molecule has 8 nitrogen and oxygen atoms in total. The summed E-state index contributed by atoms with van der Waals surface area (Å²) < 4.78 is 0. The van der Waals surface area contributed by atoms with E-state index < -0.39 is 5.91 Å². The average Bonchev–Trinajstić information content (AvgIpc) is 2.63. The molecule has 0 spiro atoms. The Bertz CT molecular complexity index is 462. The molecule has 105 valence electrons. The third-order valence-electron chi connectivity index (χ3n) is 2.21. The van der Waals surface area contributed by atoms with Crippen molar-refractivity contribution in [2.45, 2.75) is 39.7 Å². The topological polar surface area (TPSA) is 116 Å². The minimum atomic E-state index is -0.451. The maximum Gasteiger partial charge on any atom is 0.270 e. The molecule has 0 aromatic carbocycles. The Kier molecular flexibility index (Phi) is 4.57. The van der Waals surface area contributed by atoms with Crippen molar-refractivity contribution in [3.05, 3.63) is 6.42 Å². The molecule has 1 aromatic heterocycles. The van der Waals surface area contributed by atoms with E-state index in [1.165, 1.54) is 11.2 Å². The van der Waals surface area contributed by atoms with E-state index in [0.717, 1.165) is 0 Å². The standard InChI is InChI=1S/C11H19N6O2/c1-7(5-8(12)18)6-9(19)13-10-14-16-17(15-10)11(2,3)4/h6-7H,5H2,1-4H3,(H2,12,18)(H,13,15,19)/t7-/m1/s1. The van der Waals surface area contributed by atoms with Gasteiger partial charge >= 0.3 is 0 Å². The Balaban J connectivity index is 2.53. The number of amides is 2. The lowest BCUT2D eigenvalue weighted by molar-refractivity contribution is -0.118. The summed E-state index contributed by atoms with van der Waals surface area (Å²) in [4.78, 5) is 23.7. The zero-order valence-corrected chi connectivity index (χ0v) is 11.5. The van der Waals surface area contributed by atoms with Crippen LogP contribution in [0.2, 0.25) is 0 Å². The van der Waals surface area contributed by atoms with Crippen molar-refractivity contribution in [1.82, 2.24) is 20.2 Å². The largest absolute Gasteiger partial charge is 0.370 e. The fourth-order valence-corrected chi connectivity index (χ4v) is 1.34. The van der Waals surface area contributed by atoms with Gasteiger partial charge in [-0.05, 0) is 31.9 Å². The number of carbonyl (C=O) groups is 2. The van der Waals surface area contributed by atoms with Gasteiger partial charge in [0.05, 0.1) is 12.0 Å². The summed E-state index contributed by atoms with van der Waals surface area (Å²) in [7, 11) is 0. The van der Waals surface area contributed by atoms with Crippen LogP contribution in [-0.2, 0) is 15.1 Å². The van der Waals surface area contributed by atoms with Gasteiger partial charge < -0.3 is 5.73 Å². The van der Waals surface area contributed by atoms with E-state index in [4.69, 9.17) is 5.73 Å². The van der Waals surface area contributed by atoms with Crippen LogP contribution in [0.4, 0.5) is 5.95 Å². The van der Waals surface area contributed by atoms with Crippen LogP contribution in [0.1, 0.15) is 34.1 Å². The van der Waals surface area contributed by atoms with Crippen molar-refractivity contribution in [2.24, 2.45) is 11.7 Å². The molecule has 0 saturated carbocycles. The van der Waals surface area contributed by atoms with Crippen molar-refractivity contribution in [2.75, 3.05) is 5.32 Å². The summed E-state index contributed by atoms with van der Waals surface area (Å²) in [5, 5.41) is 14.1. The minimum absolute atomic E-state index is 0.121. The number of tetrazole rings is 1. The third kappa shape index (κ3) is 5.02. The van der Waals surface area contributed by atoms with E-state index in [9.17, 15) is 9.59 Å².